The molecule has 172 valence electrons. The van der Waals surface area contributed by atoms with Gasteiger partial charge in [-0.3, -0.25) is 9.59 Å². The summed E-state index contributed by atoms with van der Waals surface area (Å²) in [6, 6.07) is 6.35. The first-order chi connectivity index (χ1) is 14.8. The Kier molecular flexibility index (Phi) is 8.11. The lowest BCUT2D eigenvalue weighted by Gasteiger charge is -2.36. The molecular formula is C25H42N4O2+2. The zero-order valence-electron chi connectivity index (χ0n) is 20.0. The first kappa shape index (κ1) is 23.7. The van der Waals surface area contributed by atoms with E-state index in [1.165, 1.54) is 22.6 Å². The summed E-state index contributed by atoms with van der Waals surface area (Å²) in [4.78, 5) is 28.1. The van der Waals surface area contributed by atoms with Crippen LogP contribution in [-0.4, -0.2) is 56.6 Å². The van der Waals surface area contributed by atoms with Crippen molar-refractivity contribution >= 4 is 17.5 Å². The fraction of sp³-hybridized carbons (Fsp3) is 0.680. The van der Waals surface area contributed by atoms with Gasteiger partial charge < -0.3 is 20.4 Å². The van der Waals surface area contributed by atoms with E-state index in [-0.39, 0.29) is 17.9 Å². The van der Waals surface area contributed by atoms with Gasteiger partial charge in [0.2, 0.25) is 0 Å². The van der Waals surface area contributed by atoms with Gasteiger partial charge in [0.05, 0.1) is 0 Å². The van der Waals surface area contributed by atoms with Crippen LogP contribution in [0.4, 0.5) is 5.69 Å². The van der Waals surface area contributed by atoms with E-state index in [0.717, 1.165) is 49.4 Å². The molecular weight excluding hydrogens is 388 g/mol. The Labute approximate surface area is 187 Å². The van der Waals surface area contributed by atoms with Crippen LogP contribution in [0, 0.1) is 25.7 Å². The molecule has 0 unspecified atom stereocenters. The molecule has 1 aliphatic carbocycles. The van der Waals surface area contributed by atoms with Crippen molar-refractivity contribution in [2.75, 3.05) is 38.0 Å². The van der Waals surface area contributed by atoms with E-state index in [4.69, 9.17) is 0 Å². The smallest absolute Gasteiger partial charge is 0.279 e. The zero-order valence-corrected chi connectivity index (χ0v) is 20.0. The number of piperazine rings is 1. The van der Waals surface area contributed by atoms with Crippen molar-refractivity contribution in [1.29, 1.82) is 0 Å². The fourth-order valence-electron chi connectivity index (χ4n) is 5.24. The van der Waals surface area contributed by atoms with Gasteiger partial charge in [-0.2, -0.15) is 0 Å². The number of quaternary nitrogens is 2. The molecule has 2 amide bonds. The first-order valence-corrected chi connectivity index (χ1v) is 12.1. The molecule has 2 fully saturated rings. The van der Waals surface area contributed by atoms with Crippen molar-refractivity contribution in [3.05, 3.63) is 29.3 Å². The summed E-state index contributed by atoms with van der Waals surface area (Å²) >= 11 is 0. The number of amides is 2. The standard InChI is InChI=1S/C25H40N4O2/c1-17-8-7-11-22(20(17)4)26-25(31)21(5)29-14-12-28(13-15-29)16-23(30)27-24-18(2)9-6-10-19(24)3/h6,9-10,17,20-22H,7-8,11-16H2,1-5H3,(H,26,31)(H,27,30)/p+2/t17-,20-,21-,22-/m0/s1. The Hall–Kier alpha value is -1.92. The average Bonchev–Trinajstić information content (AvgIpc) is 2.74. The molecule has 6 nitrogen and oxygen atoms in total. The van der Waals surface area contributed by atoms with E-state index in [1.807, 2.05) is 32.0 Å². The number of benzene rings is 1. The monoisotopic (exact) mass is 430 g/mol. The summed E-state index contributed by atoms with van der Waals surface area (Å²) in [6.45, 7) is 14.9. The maximum Gasteiger partial charge on any atom is 0.279 e. The van der Waals surface area contributed by atoms with Gasteiger partial charge in [0.15, 0.2) is 12.6 Å². The molecule has 1 saturated carbocycles. The predicted molar refractivity (Wildman–Crippen MR) is 124 cm³/mol. The van der Waals surface area contributed by atoms with Crippen LogP contribution in [0.3, 0.4) is 0 Å². The number of anilines is 1. The molecule has 0 spiro atoms. The molecule has 6 heteroatoms. The van der Waals surface area contributed by atoms with E-state index < -0.39 is 0 Å². The molecule has 4 N–H and O–H groups in total. The summed E-state index contributed by atoms with van der Waals surface area (Å²) in [6.07, 6.45) is 3.59. The second-order valence-electron chi connectivity index (χ2n) is 10.0. The van der Waals surface area contributed by atoms with Crippen molar-refractivity contribution in [3.8, 4) is 0 Å². The minimum absolute atomic E-state index is 0.0329. The third-order valence-corrected chi connectivity index (χ3v) is 7.80. The number of carbonyl (C=O) groups is 2. The highest BCUT2D eigenvalue weighted by Crippen LogP contribution is 2.29. The minimum Gasteiger partial charge on any atom is -0.348 e. The van der Waals surface area contributed by atoms with Crippen LogP contribution in [0.25, 0.3) is 0 Å². The maximum atomic E-state index is 12.9. The van der Waals surface area contributed by atoms with E-state index in [0.29, 0.717) is 24.4 Å². The van der Waals surface area contributed by atoms with E-state index >= 15 is 0 Å². The fourth-order valence-corrected chi connectivity index (χ4v) is 5.24. The normalized spacial score (nSPS) is 29.8. The number of rotatable bonds is 6. The number of hydrogen-bond acceptors (Lipinski definition) is 2. The third kappa shape index (κ3) is 6.07. The highest BCUT2D eigenvalue weighted by molar-refractivity contribution is 5.93. The van der Waals surface area contributed by atoms with Gasteiger partial charge in [-0.25, -0.2) is 0 Å². The number of para-hydroxylation sites is 1. The summed E-state index contributed by atoms with van der Waals surface area (Å²) in [5.74, 6) is 1.50. The number of nitrogens with one attached hydrogen (secondary N) is 4. The molecule has 2 aliphatic rings. The molecule has 1 aromatic carbocycles. The van der Waals surface area contributed by atoms with Crippen LogP contribution >= 0.6 is 0 Å². The van der Waals surface area contributed by atoms with Crippen molar-refractivity contribution in [1.82, 2.24) is 5.32 Å². The molecule has 31 heavy (non-hydrogen) atoms. The highest BCUT2D eigenvalue weighted by Gasteiger charge is 2.35. The summed E-state index contributed by atoms with van der Waals surface area (Å²) in [7, 11) is 0. The Morgan fingerprint density at radius 2 is 1.71 bits per heavy atom. The first-order valence-electron chi connectivity index (χ1n) is 12.1. The van der Waals surface area contributed by atoms with Crippen LogP contribution in [-0.2, 0) is 9.59 Å². The number of aryl methyl sites for hydroxylation is 2. The molecule has 1 aliphatic heterocycles. The second kappa shape index (κ2) is 10.6. The van der Waals surface area contributed by atoms with E-state index in [1.54, 1.807) is 0 Å². The van der Waals surface area contributed by atoms with Gasteiger partial charge in [0, 0.05) is 11.7 Å². The zero-order chi connectivity index (χ0) is 22.5. The van der Waals surface area contributed by atoms with Crippen LogP contribution in [0.15, 0.2) is 18.2 Å². The molecule has 0 radical (unpaired) electrons. The van der Waals surface area contributed by atoms with Gasteiger partial charge >= 0.3 is 0 Å². The van der Waals surface area contributed by atoms with E-state index in [9.17, 15) is 9.59 Å². The van der Waals surface area contributed by atoms with Crippen LogP contribution in [0.5, 0.6) is 0 Å². The van der Waals surface area contributed by atoms with E-state index in [2.05, 4.69) is 31.4 Å². The third-order valence-electron chi connectivity index (χ3n) is 7.80. The molecule has 3 rings (SSSR count). The number of carbonyl (C=O) groups excluding carboxylic acids is 2. The Morgan fingerprint density at radius 1 is 1.06 bits per heavy atom. The largest absolute Gasteiger partial charge is 0.348 e. The highest BCUT2D eigenvalue weighted by atomic mass is 16.2. The van der Waals surface area contributed by atoms with Gasteiger partial charge in [-0.1, -0.05) is 44.9 Å². The molecule has 4 atom stereocenters. The van der Waals surface area contributed by atoms with Gasteiger partial charge in [0.1, 0.15) is 26.2 Å². The lowest BCUT2D eigenvalue weighted by molar-refractivity contribution is -1.01. The Morgan fingerprint density at radius 3 is 2.35 bits per heavy atom. The van der Waals surface area contributed by atoms with Crippen LogP contribution < -0.4 is 20.4 Å². The summed E-state index contributed by atoms with van der Waals surface area (Å²) in [5.41, 5.74) is 3.13. The lowest BCUT2D eigenvalue weighted by Crippen LogP contribution is -3.30. The topological polar surface area (TPSA) is 67.1 Å². The molecule has 1 heterocycles. The van der Waals surface area contributed by atoms with Gasteiger partial charge in [-0.15, -0.1) is 0 Å². The van der Waals surface area contributed by atoms with Crippen molar-refractivity contribution in [3.63, 3.8) is 0 Å². The molecule has 0 bridgehead atoms. The van der Waals surface area contributed by atoms with Gasteiger partial charge in [-0.05, 0) is 50.2 Å². The predicted octanol–water partition coefficient (Wildman–Crippen LogP) is 0.355. The van der Waals surface area contributed by atoms with Crippen LogP contribution in [0.1, 0.15) is 51.2 Å². The maximum absolute atomic E-state index is 12.9. The van der Waals surface area contributed by atoms with Crippen molar-refractivity contribution in [2.24, 2.45) is 11.8 Å². The second-order valence-corrected chi connectivity index (χ2v) is 10.0. The van der Waals surface area contributed by atoms with Crippen molar-refractivity contribution in [2.45, 2.75) is 66.0 Å². The lowest BCUT2D eigenvalue weighted by atomic mass is 9.78. The quantitative estimate of drug-likeness (QED) is 0.526. The Bertz CT molecular complexity index is 753. The van der Waals surface area contributed by atoms with Crippen molar-refractivity contribution < 1.29 is 19.4 Å². The molecule has 0 aromatic heterocycles. The summed E-state index contributed by atoms with van der Waals surface area (Å²) in [5, 5.41) is 6.45. The van der Waals surface area contributed by atoms with Gasteiger partial charge in [0.25, 0.3) is 11.8 Å². The van der Waals surface area contributed by atoms with Crippen LogP contribution in [0.2, 0.25) is 0 Å². The number of hydrogen-bond donors (Lipinski definition) is 4. The Balaban J connectivity index is 1.44. The summed E-state index contributed by atoms with van der Waals surface area (Å²) < 4.78 is 0. The SMILES string of the molecule is Cc1cccc(C)c1NC(=O)C[NH+]1CC[NH+]([C@@H](C)C(=O)N[C@H]2CCC[C@H](C)[C@@H]2C)CC1. The molecule has 1 saturated heterocycles. The molecule has 1 aromatic rings. The minimum atomic E-state index is -0.0329. The average molecular weight is 431 g/mol.